The molecule has 3 rings (SSSR count). The Morgan fingerprint density at radius 3 is 2.79 bits per heavy atom. The molecule has 1 aromatic carbocycles. The van der Waals surface area contributed by atoms with E-state index in [0.29, 0.717) is 11.6 Å². The Balaban J connectivity index is 1.51. The molecule has 1 aromatic rings. The molecule has 0 bridgehead atoms. The lowest BCUT2D eigenvalue weighted by Crippen LogP contribution is -2.34. The van der Waals surface area contributed by atoms with E-state index in [-0.39, 0.29) is 17.6 Å². The molecular formula is C15H20F2N2. The van der Waals surface area contributed by atoms with Crippen molar-refractivity contribution < 1.29 is 8.78 Å². The highest BCUT2D eigenvalue weighted by molar-refractivity contribution is 5.30. The summed E-state index contributed by atoms with van der Waals surface area (Å²) in [5.74, 6) is 0.246. The zero-order chi connectivity index (χ0) is 13.2. The van der Waals surface area contributed by atoms with Gasteiger partial charge in [-0.1, -0.05) is 0 Å². The fraction of sp³-hybridized carbons (Fsp3) is 0.600. The maximum absolute atomic E-state index is 13.6. The average molecular weight is 266 g/mol. The van der Waals surface area contributed by atoms with Crippen molar-refractivity contribution in [2.45, 2.75) is 31.2 Å². The van der Waals surface area contributed by atoms with E-state index in [1.165, 1.54) is 31.0 Å². The molecule has 2 N–H and O–H groups in total. The monoisotopic (exact) mass is 266 g/mol. The van der Waals surface area contributed by atoms with Crippen LogP contribution in [-0.2, 0) is 0 Å². The molecule has 1 saturated heterocycles. The molecular weight excluding hydrogens is 246 g/mol. The number of hydrogen-bond acceptors (Lipinski definition) is 2. The Kier molecular flexibility index (Phi) is 3.80. The zero-order valence-corrected chi connectivity index (χ0v) is 11.0. The van der Waals surface area contributed by atoms with Crippen LogP contribution in [0.2, 0.25) is 0 Å². The molecule has 1 heterocycles. The second kappa shape index (κ2) is 5.55. The molecule has 104 valence electrons. The lowest BCUT2D eigenvalue weighted by Gasteiger charge is -2.22. The molecule has 2 unspecified atom stereocenters. The highest BCUT2D eigenvalue weighted by Crippen LogP contribution is 2.42. The summed E-state index contributed by atoms with van der Waals surface area (Å²) in [6.07, 6.45) is 3.34. The van der Waals surface area contributed by atoms with Gasteiger partial charge in [-0.3, -0.25) is 0 Å². The maximum Gasteiger partial charge on any atom is 0.126 e. The molecule has 2 nitrogen and oxygen atoms in total. The Morgan fingerprint density at radius 2 is 2.00 bits per heavy atom. The van der Waals surface area contributed by atoms with E-state index in [9.17, 15) is 8.78 Å². The summed E-state index contributed by atoms with van der Waals surface area (Å²) in [7, 11) is 0. The van der Waals surface area contributed by atoms with E-state index in [0.717, 1.165) is 32.0 Å². The third-order valence-electron chi connectivity index (χ3n) is 4.28. The van der Waals surface area contributed by atoms with Crippen LogP contribution >= 0.6 is 0 Å². The standard InChI is InChI=1S/C15H20F2N2/c16-11-1-2-14(17)12(7-11)13-8-15(13)19-9-10-3-5-18-6-4-10/h1-2,7,10,13,15,18-19H,3-6,8-9H2. The van der Waals surface area contributed by atoms with Crippen molar-refractivity contribution in [1.82, 2.24) is 10.6 Å². The van der Waals surface area contributed by atoms with Gasteiger partial charge >= 0.3 is 0 Å². The summed E-state index contributed by atoms with van der Waals surface area (Å²) < 4.78 is 26.8. The van der Waals surface area contributed by atoms with E-state index >= 15 is 0 Å². The number of benzene rings is 1. The van der Waals surface area contributed by atoms with Gasteiger partial charge in [-0.2, -0.15) is 0 Å². The van der Waals surface area contributed by atoms with Gasteiger partial charge in [0.05, 0.1) is 0 Å². The molecule has 1 aliphatic carbocycles. The first-order valence-electron chi connectivity index (χ1n) is 7.13. The molecule has 0 radical (unpaired) electrons. The molecule has 1 aliphatic heterocycles. The quantitative estimate of drug-likeness (QED) is 0.874. The number of piperidine rings is 1. The van der Waals surface area contributed by atoms with Crippen molar-refractivity contribution in [3.8, 4) is 0 Å². The van der Waals surface area contributed by atoms with Crippen molar-refractivity contribution >= 4 is 0 Å². The van der Waals surface area contributed by atoms with E-state index in [1.54, 1.807) is 0 Å². The summed E-state index contributed by atoms with van der Waals surface area (Å²) in [6.45, 7) is 3.19. The predicted octanol–water partition coefficient (Wildman–Crippen LogP) is 2.41. The highest BCUT2D eigenvalue weighted by atomic mass is 19.1. The van der Waals surface area contributed by atoms with Gasteiger partial charge in [0.2, 0.25) is 0 Å². The minimum atomic E-state index is -0.347. The van der Waals surface area contributed by atoms with Gasteiger partial charge in [-0.25, -0.2) is 8.78 Å². The molecule has 19 heavy (non-hydrogen) atoms. The van der Waals surface area contributed by atoms with Gasteiger partial charge in [-0.15, -0.1) is 0 Å². The SMILES string of the molecule is Fc1ccc(F)c(C2CC2NCC2CCNCC2)c1. The minimum Gasteiger partial charge on any atom is -0.317 e. The van der Waals surface area contributed by atoms with Crippen molar-refractivity contribution in [2.75, 3.05) is 19.6 Å². The topological polar surface area (TPSA) is 24.1 Å². The Labute approximate surface area is 112 Å². The van der Waals surface area contributed by atoms with Crippen molar-refractivity contribution in [1.29, 1.82) is 0 Å². The first-order chi connectivity index (χ1) is 9.24. The van der Waals surface area contributed by atoms with Gasteiger partial charge in [0.25, 0.3) is 0 Å². The molecule has 0 spiro atoms. The largest absolute Gasteiger partial charge is 0.317 e. The summed E-state index contributed by atoms with van der Waals surface area (Å²) in [5, 5.41) is 6.85. The number of rotatable bonds is 4. The van der Waals surface area contributed by atoms with Crippen molar-refractivity contribution in [3.63, 3.8) is 0 Å². The van der Waals surface area contributed by atoms with Crippen LogP contribution in [0.5, 0.6) is 0 Å². The third-order valence-corrected chi connectivity index (χ3v) is 4.28. The minimum absolute atomic E-state index is 0.150. The van der Waals surface area contributed by atoms with Gasteiger partial charge in [-0.05, 0) is 68.6 Å². The molecule has 4 heteroatoms. The van der Waals surface area contributed by atoms with Crippen LogP contribution in [0.1, 0.15) is 30.7 Å². The maximum atomic E-state index is 13.6. The molecule has 1 saturated carbocycles. The average Bonchev–Trinajstić information content (AvgIpc) is 3.20. The van der Waals surface area contributed by atoms with Crippen LogP contribution in [0.4, 0.5) is 8.78 Å². The number of nitrogens with one attached hydrogen (secondary N) is 2. The van der Waals surface area contributed by atoms with E-state index in [4.69, 9.17) is 0 Å². The molecule has 0 aromatic heterocycles. The normalized spacial score (nSPS) is 27.5. The second-order valence-electron chi connectivity index (χ2n) is 5.72. The van der Waals surface area contributed by atoms with Crippen LogP contribution in [0, 0.1) is 17.6 Å². The summed E-state index contributed by atoms with van der Waals surface area (Å²) >= 11 is 0. The predicted molar refractivity (Wildman–Crippen MR) is 71.1 cm³/mol. The fourth-order valence-corrected chi connectivity index (χ4v) is 2.97. The fourth-order valence-electron chi connectivity index (χ4n) is 2.97. The van der Waals surface area contributed by atoms with Crippen LogP contribution < -0.4 is 10.6 Å². The highest BCUT2D eigenvalue weighted by Gasteiger charge is 2.40. The lowest BCUT2D eigenvalue weighted by atomic mass is 9.98. The number of hydrogen-bond donors (Lipinski definition) is 2. The zero-order valence-electron chi connectivity index (χ0n) is 11.0. The molecule has 2 fully saturated rings. The summed E-state index contributed by atoms with van der Waals surface area (Å²) in [6, 6.07) is 4.07. The van der Waals surface area contributed by atoms with Gasteiger partial charge in [0.15, 0.2) is 0 Å². The first kappa shape index (κ1) is 13.0. The lowest BCUT2D eigenvalue weighted by molar-refractivity contribution is 0.355. The van der Waals surface area contributed by atoms with Crippen molar-refractivity contribution in [2.24, 2.45) is 5.92 Å². The van der Waals surface area contributed by atoms with Crippen molar-refractivity contribution in [3.05, 3.63) is 35.4 Å². The molecule has 0 amide bonds. The summed E-state index contributed by atoms with van der Waals surface area (Å²) in [4.78, 5) is 0. The van der Waals surface area contributed by atoms with E-state index < -0.39 is 0 Å². The van der Waals surface area contributed by atoms with Gasteiger partial charge in [0, 0.05) is 12.0 Å². The molecule has 2 aliphatic rings. The first-order valence-corrected chi connectivity index (χ1v) is 7.13. The smallest absolute Gasteiger partial charge is 0.126 e. The Hall–Kier alpha value is -1.00. The summed E-state index contributed by atoms with van der Waals surface area (Å²) in [5.41, 5.74) is 0.530. The van der Waals surface area contributed by atoms with E-state index in [1.807, 2.05) is 0 Å². The van der Waals surface area contributed by atoms with Gasteiger partial charge in [0.1, 0.15) is 11.6 Å². The van der Waals surface area contributed by atoms with Crippen LogP contribution in [0.3, 0.4) is 0 Å². The number of halogens is 2. The second-order valence-corrected chi connectivity index (χ2v) is 5.72. The van der Waals surface area contributed by atoms with Crippen LogP contribution in [0.15, 0.2) is 18.2 Å². The molecule has 2 atom stereocenters. The van der Waals surface area contributed by atoms with Gasteiger partial charge < -0.3 is 10.6 Å². The van der Waals surface area contributed by atoms with Crippen LogP contribution in [-0.4, -0.2) is 25.7 Å². The Morgan fingerprint density at radius 1 is 1.21 bits per heavy atom. The van der Waals surface area contributed by atoms with Crippen LogP contribution in [0.25, 0.3) is 0 Å². The van der Waals surface area contributed by atoms with E-state index in [2.05, 4.69) is 10.6 Å². The third kappa shape index (κ3) is 3.12. The Bertz CT molecular complexity index is 444.